The monoisotopic (exact) mass is 766 g/mol. The molecule has 6 nitrogen and oxygen atoms in total. The molecule has 0 aliphatic carbocycles. The molecule has 5 aromatic carbocycles. The largest absolute Gasteiger partial charge is 0.356 e. The molecule has 0 fully saturated rings. The lowest BCUT2D eigenvalue weighted by Crippen LogP contribution is -2.00. The van der Waals surface area contributed by atoms with Gasteiger partial charge in [0.25, 0.3) is 0 Å². The first-order chi connectivity index (χ1) is 28.4. The predicted octanol–water partition coefficient (Wildman–Crippen LogP) is 14.9. The van der Waals surface area contributed by atoms with Crippen LogP contribution in [0.15, 0.2) is 106 Å². The van der Waals surface area contributed by atoms with Crippen molar-refractivity contribution >= 4 is 43.6 Å². The van der Waals surface area contributed by atoms with E-state index < -0.39 is 0 Å². The summed E-state index contributed by atoms with van der Waals surface area (Å²) in [7, 11) is 0. The van der Waals surface area contributed by atoms with Crippen LogP contribution in [0.1, 0.15) is 87.5 Å². The minimum Gasteiger partial charge on any atom is -0.356 e. The van der Waals surface area contributed by atoms with Gasteiger partial charge in [-0.25, -0.2) is 0 Å². The Balaban J connectivity index is 1.02. The van der Waals surface area contributed by atoms with Gasteiger partial charge in [-0.2, -0.15) is 0 Å². The van der Waals surface area contributed by atoms with E-state index in [1.807, 2.05) is 0 Å². The number of hydrogen-bond acceptors (Lipinski definition) is 4. The van der Waals surface area contributed by atoms with Gasteiger partial charge in [0.2, 0.25) is 0 Å². The Kier molecular flexibility index (Phi) is 10.3. The van der Waals surface area contributed by atoms with Crippen LogP contribution < -0.4 is 0 Å². The topological polar surface area (TPSA) is 61.9 Å². The molecule has 0 bridgehead atoms. The summed E-state index contributed by atoms with van der Waals surface area (Å²) in [6, 6.07) is 35.2. The molecule has 9 aromatic rings. The maximum absolute atomic E-state index is 6.12. The van der Waals surface area contributed by atoms with Gasteiger partial charge < -0.3 is 18.2 Å². The van der Waals surface area contributed by atoms with Crippen LogP contribution in [0.3, 0.4) is 0 Å². The van der Waals surface area contributed by atoms with E-state index in [2.05, 4.69) is 158 Å². The minimum atomic E-state index is 0.771. The van der Waals surface area contributed by atoms with E-state index in [4.69, 9.17) is 9.05 Å². The summed E-state index contributed by atoms with van der Waals surface area (Å²) in [5, 5.41) is 14.4. The fourth-order valence-electron chi connectivity index (χ4n) is 9.43. The molecule has 0 aliphatic heterocycles. The van der Waals surface area contributed by atoms with Crippen LogP contribution in [-0.2, 0) is 13.1 Å². The van der Waals surface area contributed by atoms with E-state index in [9.17, 15) is 0 Å². The van der Waals surface area contributed by atoms with E-state index in [1.54, 1.807) is 0 Å². The highest BCUT2D eigenvalue weighted by molar-refractivity contribution is 6.10. The number of benzene rings is 5. The third-order valence-corrected chi connectivity index (χ3v) is 12.7. The number of hydrogen-bond donors (Lipinski definition) is 0. The normalized spacial score (nSPS) is 12.0. The maximum atomic E-state index is 6.12. The molecule has 0 saturated carbocycles. The lowest BCUT2D eigenvalue weighted by molar-refractivity contribution is 0.434. The third-order valence-electron chi connectivity index (χ3n) is 12.7. The van der Waals surface area contributed by atoms with Gasteiger partial charge >= 0.3 is 0 Å². The first kappa shape index (κ1) is 37.7. The van der Waals surface area contributed by atoms with E-state index in [1.165, 1.54) is 95.0 Å². The first-order valence-corrected chi connectivity index (χ1v) is 21.4. The molecule has 0 aliphatic rings. The van der Waals surface area contributed by atoms with Gasteiger partial charge in [0.1, 0.15) is 11.4 Å². The number of unbranched alkanes of at least 4 members (excludes halogenated alkanes) is 6. The summed E-state index contributed by atoms with van der Waals surface area (Å²) in [5.41, 5.74) is 15.8. The van der Waals surface area contributed by atoms with Gasteiger partial charge in [0.15, 0.2) is 11.5 Å². The van der Waals surface area contributed by atoms with Crippen LogP contribution >= 0.6 is 0 Å². The highest BCUT2D eigenvalue weighted by atomic mass is 16.5. The third kappa shape index (κ3) is 6.53. The number of aryl methyl sites for hydroxylation is 2. The number of rotatable bonds is 14. The van der Waals surface area contributed by atoms with Crippen molar-refractivity contribution in [1.82, 2.24) is 19.4 Å². The lowest BCUT2D eigenvalue weighted by atomic mass is 9.86. The van der Waals surface area contributed by atoms with Crippen molar-refractivity contribution in [3.8, 4) is 45.2 Å². The summed E-state index contributed by atoms with van der Waals surface area (Å²) in [5.74, 6) is 1.54. The van der Waals surface area contributed by atoms with Crippen molar-refractivity contribution in [3.05, 3.63) is 119 Å². The number of para-hydroxylation sites is 2. The van der Waals surface area contributed by atoms with Crippen LogP contribution in [0.2, 0.25) is 0 Å². The van der Waals surface area contributed by atoms with E-state index in [0.29, 0.717) is 0 Å². The molecule has 0 spiro atoms. The summed E-state index contributed by atoms with van der Waals surface area (Å²) in [6.07, 6.45) is 9.92. The Bertz CT molecular complexity index is 2710. The SMILES string of the molecule is CCCCCCn1c2ccccc2c2cc(-c3cc(-c4c(C)c(C)c(-c5cc(-c6ccc7c(c6)c6ccccc6n7CCCCCC)on5)c(C)c4C)no3)ccc21. The zero-order chi connectivity index (χ0) is 39.9. The molecule has 0 atom stereocenters. The van der Waals surface area contributed by atoms with E-state index in [0.717, 1.165) is 80.5 Å². The molecular formula is C52H54N4O2. The summed E-state index contributed by atoms with van der Waals surface area (Å²) in [6.45, 7) is 15.3. The fraction of sp³-hybridized carbons (Fsp3) is 0.308. The molecule has 4 heterocycles. The Hall–Kier alpha value is -5.88. The van der Waals surface area contributed by atoms with Crippen molar-refractivity contribution in [2.45, 2.75) is 106 Å². The average Bonchev–Trinajstić information content (AvgIpc) is 4.05. The van der Waals surface area contributed by atoms with E-state index in [-0.39, 0.29) is 0 Å². The fourth-order valence-corrected chi connectivity index (χ4v) is 9.43. The average molecular weight is 767 g/mol. The van der Waals surface area contributed by atoms with Gasteiger partial charge in [-0.05, 0) is 111 Å². The Morgan fingerprint density at radius 3 is 1.24 bits per heavy atom. The Morgan fingerprint density at radius 2 is 0.828 bits per heavy atom. The van der Waals surface area contributed by atoms with Crippen LogP contribution in [0.4, 0.5) is 0 Å². The van der Waals surface area contributed by atoms with Crippen molar-refractivity contribution < 1.29 is 9.05 Å². The smallest absolute Gasteiger partial charge is 0.167 e. The molecule has 4 aromatic heterocycles. The second-order valence-corrected chi connectivity index (χ2v) is 16.3. The highest BCUT2D eigenvalue weighted by Gasteiger charge is 2.23. The van der Waals surface area contributed by atoms with Crippen molar-refractivity contribution in [3.63, 3.8) is 0 Å². The molecule has 6 heteroatoms. The van der Waals surface area contributed by atoms with Crippen molar-refractivity contribution in [1.29, 1.82) is 0 Å². The zero-order valence-corrected chi connectivity index (χ0v) is 34.9. The Morgan fingerprint density at radius 1 is 0.431 bits per heavy atom. The highest BCUT2D eigenvalue weighted by Crippen LogP contribution is 2.42. The predicted molar refractivity (Wildman–Crippen MR) is 242 cm³/mol. The minimum absolute atomic E-state index is 0.771. The van der Waals surface area contributed by atoms with Gasteiger partial charge in [-0.15, -0.1) is 0 Å². The zero-order valence-electron chi connectivity index (χ0n) is 34.9. The molecular weight excluding hydrogens is 713 g/mol. The van der Waals surface area contributed by atoms with Crippen LogP contribution in [0, 0.1) is 27.7 Å². The van der Waals surface area contributed by atoms with Crippen molar-refractivity contribution in [2.75, 3.05) is 0 Å². The molecule has 9 rings (SSSR count). The molecule has 0 saturated heterocycles. The summed E-state index contributed by atoms with van der Waals surface area (Å²) < 4.78 is 17.2. The molecule has 0 N–H and O–H groups in total. The molecule has 0 amide bonds. The number of nitrogens with zero attached hydrogens (tertiary/aromatic N) is 4. The summed E-state index contributed by atoms with van der Waals surface area (Å²) in [4.78, 5) is 0. The van der Waals surface area contributed by atoms with Crippen molar-refractivity contribution in [2.24, 2.45) is 0 Å². The van der Waals surface area contributed by atoms with Crippen LogP contribution in [0.25, 0.3) is 88.8 Å². The summed E-state index contributed by atoms with van der Waals surface area (Å²) >= 11 is 0. The standard InChI is InChI=1S/C52H54N4O2/c1-7-9-11-17-27-55-45-21-15-13-19-39(45)41-29-37(23-25-47(41)55)49-31-43(53-57-49)51-33(3)35(5)52(36(6)34(51)4)44-32-50(58-54-44)38-24-26-48-42(30-38)40-20-14-16-22-46(40)56(48)28-18-12-10-8-2/h13-16,19-26,29-32H,7-12,17-18,27-28H2,1-6H3. The molecule has 0 radical (unpaired) electrons. The van der Waals surface area contributed by atoms with Gasteiger partial charge in [0, 0.05) is 91.1 Å². The maximum Gasteiger partial charge on any atom is 0.167 e. The second-order valence-electron chi connectivity index (χ2n) is 16.3. The number of fused-ring (bicyclic) bond motifs is 6. The molecule has 0 unspecified atom stereocenters. The van der Waals surface area contributed by atoms with Gasteiger partial charge in [-0.1, -0.05) is 99.1 Å². The number of aromatic nitrogens is 4. The molecule has 58 heavy (non-hydrogen) atoms. The van der Waals surface area contributed by atoms with Crippen LogP contribution in [0.5, 0.6) is 0 Å². The van der Waals surface area contributed by atoms with Crippen LogP contribution in [-0.4, -0.2) is 19.4 Å². The second kappa shape index (κ2) is 15.8. The quantitative estimate of drug-likeness (QED) is 0.103. The van der Waals surface area contributed by atoms with Gasteiger partial charge in [0.05, 0.1) is 0 Å². The molecule has 294 valence electrons. The Labute approximate surface area is 341 Å². The lowest BCUT2D eigenvalue weighted by Gasteiger charge is -2.18. The van der Waals surface area contributed by atoms with Gasteiger partial charge in [-0.3, -0.25) is 0 Å². The first-order valence-electron chi connectivity index (χ1n) is 21.4. The van der Waals surface area contributed by atoms with E-state index >= 15 is 0 Å².